The van der Waals surface area contributed by atoms with Crippen molar-refractivity contribution in [1.82, 2.24) is 20.2 Å². The van der Waals surface area contributed by atoms with Gasteiger partial charge in [-0.3, -0.25) is 9.69 Å². The molecule has 1 amide bonds. The van der Waals surface area contributed by atoms with Crippen LogP contribution in [-0.2, 0) is 4.79 Å². The van der Waals surface area contributed by atoms with E-state index in [1.54, 1.807) is 24.5 Å². The minimum atomic E-state index is -0.0948. The van der Waals surface area contributed by atoms with Gasteiger partial charge in [-0.05, 0) is 25.1 Å². The second-order valence-corrected chi connectivity index (χ2v) is 6.47. The first-order chi connectivity index (χ1) is 13.8. The Balaban J connectivity index is 1.38. The molecule has 0 radical (unpaired) electrons. The zero-order chi connectivity index (χ0) is 19.6. The molecule has 0 unspecified atom stereocenters. The lowest BCUT2D eigenvalue weighted by atomic mass is 10.2. The van der Waals surface area contributed by atoms with Crippen molar-refractivity contribution in [3.05, 3.63) is 54.4 Å². The molecule has 0 aliphatic carbocycles. The molecule has 148 valence electrons. The zero-order valence-electron chi connectivity index (χ0n) is 16.3. The molecule has 2 heterocycles. The maximum Gasteiger partial charge on any atom is 0.244 e. The zero-order valence-corrected chi connectivity index (χ0v) is 16.3. The van der Waals surface area contributed by atoms with Gasteiger partial charge in [0.25, 0.3) is 0 Å². The molecule has 1 N–H and O–H groups in total. The fraction of sp³-hybridized carbons (Fsp3) is 0.381. The van der Waals surface area contributed by atoms with E-state index in [1.165, 1.54) is 0 Å². The molecule has 1 aliphatic rings. The second kappa shape index (κ2) is 10.4. The van der Waals surface area contributed by atoms with Gasteiger partial charge in [-0.1, -0.05) is 18.2 Å². The monoisotopic (exact) mass is 381 g/mol. The molecular formula is C21H27N5O2. The molecule has 0 atom stereocenters. The van der Waals surface area contributed by atoms with Crippen molar-refractivity contribution in [2.24, 2.45) is 0 Å². The van der Waals surface area contributed by atoms with Crippen molar-refractivity contribution in [2.45, 2.75) is 6.92 Å². The third kappa shape index (κ3) is 5.79. The summed E-state index contributed by atoms with van der Waals surface area (Å²) < 4.78 is 5.57. The van der Waals surface area contributed by atoms with Gasteiger partial charge in [0.1, 0.15) is 5.75 Å². The molecular weight excluding hydrogens is 354 g/mol. The van der Waals surface area contributed by atoms with Gasteiger partial charge in [-0.15, -0.1) is 0 Å². The summed E-state index contributed by atoms with van der Waals surface area (Å²) in [5.74, 6) is 1.48. The molecule has 1 aromatic heterocycles. The van der Waals surface area contributed by atoms with E-state index in [9.17, 15) is 4.79 Å². The minimum absolute atomic E-state index is 0.0948. The standard InChI is InChI=1S/C21H27N5O2/c1-2-28-19-7-4-3-6-18(19)8-9-20(27)22-12-13-25-14-16-26(17-15-25)21-23-10-5-11-24-21/h3-11H,2,12-17H2,1H3,(H,22,27). The molecule has 7 heteroatoms. The van der Waals surface area contributed by atoms with Crippen LogP contribution >= 0.6 is 0 Å². The number of amides is 1. The van der Waals surface area contributed by atoms with Gasteiger partial charge in [-0.25, -0.2) is 9.97 Å². The molecule has 2 aromatic rings. The number of para-hydroxylation sites is 1. The Morgan fingerprint density at radius 1 is 1.14 bits per heavy atom. The number of anilines is 1. The maximum atomic E-state index is 12.1. The number of aromatic nitrogens is 2. The van der Waals surface area contributed by atoms with Crippen molar-refractivity contribution < 1.29 is 9.53 Å². The number of benzene rings is 1. The number of nitrogens with zero attached hydrogens (tertiary/aromatic N) is 4. The first-order valence-electron chi connectivity index (χ1n) is 9.68. The Labute approximate surface area is 166 Å². The lowest BCUT2D eigenvalue weighted by molar-refractivity contribution is -0.116. The van der Waals surface area contributed by atoms with Crippen LogP contribution in [0.5, 0.6) is 5.75 Å². The van der Waals surface area contributed by atoms with E-state index in [4.69, 9.17) is 4.74 Å². The smallest absolute Gasteiger partial charge is 0.244 e. The lowest BCUT2D eigenvalue weighted by Gasteiger charge is -2.34. The molecule has 3 rings (SSSR count). The van der Waals surface area contributed by atoms with E-state index in [0.29, 0.717) is 13.2 Å². The highest BCUT2D eigenvalue weighted by Gasteiger charge is 2.18. The van der Waals surface area contributed by atoms with Crippen LogP contribution in [0.1, 0.15) is 12.5 Å². The third-order valence-corrected chi connectivity index (χ3v) is 4.57. The van der Waals surface area contributed by atoms with Crippen molar-refractivity contribution in [3.8, 4) is 5.75 Å². The Hall–Kier alpha value is -2.93. The van der Waals surface area contributed by atoms with Crippen LogP contribution < -0.4 is 15.0 Å². The Bertz CT molecular complexity index is 773. The number of hydrogen-bond donors (Lipinski definition) is 1. The van der Waals surface area contributed by atoms with Crippen LogP contribution in [0, 0.1) is 0 Å². The highest BCUT2D eigenvalue weighted by atomic mass is 16.5. The molecule has 1 saturated heterocycles. The van der Waals surface area contributed by atoms with Crippen LogP contribution in [-0.4, -0.2) is 66.7 Å². The van der Waals surface area contributed by atoms with Crippen LogP contribution in [0.2, 0.25) is 0 Å². The Morgan fingerprint density at radius 3 is 2.64 bits per heavy atom. The predicted octanol–water partition coefficient (Wildman–Crippen LogP) is 1.83. The summed E-state index contributed by atoms with van der Waals surface area (Å²) in [4.78, 5) is 25.2. The maximum absolute atomic E-state index is 12.1. The van der Waals surface area contributed by atoms with E-state index >= 15 is 0 Å². The first-order valence-corrected chi connectivity index (χ1v) is 9.68. The van der Waals surface area contributed by atoms with Gasteiger partial charge in [0, 0.05) is 63.3 Å². The normalized spacial score (nSPS) is 15.0. The summed E-state index contributed by atoms with van der Waals surface area (Å²) in [6, 6.07) is 9.52. The lowest BCUT2D eigenvalue weighted by Crippen LogP contribution is -2.48. The summed E-state index contributed by atoms with van der Waals surface area (Å²) >= 11 is 0. The number of carbonyl (C=O) groups excluding carboxylic acids is 1. The second-order valence-electron chi connectivity index (χ2n) is 6.47. The van der Waals surface area contributed by atoms with E-state index in [1.807, 2.05) is 37.3 Å². The Morgan fingerprint density at radius 2 is 1.89 bits per heavy atom. The molecule has 0 spiro atoms. The summed E-state index contributed by atoms with van der Waals surface area (Å²) in [6.07, 6.45) is 6.89. The molecule has 1 fully saturated rings. The quantitative estimate of drug-likeness (QED) is 0.704. The minimum Gasteiger partial charge on any atom is -0.493 e. The SMILES string of the molecule is CCOc1ccccc1C=CC(=O)NCCN1CCN(c2ncccn2)CC1. The van der Waals surface area contributed by atoms with Gasteiger partial charge in [0.2, 0.25) is 11.9 Å². The summed E-state index contributed by atoms with van der Waals surface area (Å²) in [6.45, 7) is 7.66. The predicted molar refractivity (Wildman–Crippen MR) is 110 cm³/mol. The topological polar surface area (TPSA) is 70.6 Å². The average molecular weight is 381 g/mol. The fourth-order valence-corrected chi connectivity index (χ4v) is 3.09. The fourth-order valence-electron chi connectivity index (χ4n) is 3.09. The van der Waals surface area contributed by atoms with E-state index in [-0.39, 0.29) is 5.91 Å². The van der Waals surface area contributed by atoms with Crippen LogP contribution in [0.25, 0.3) is 6.08 Å². The highest BCUT2D eigenvalue weighted by molar-refractivity contribution is 5.92. The van der Waals surface area contributed by atoms with E-state index < -0.39 is 0 Å². The number of rotatable bonds is 8. The number of ether oxygens (including phenoxy) is 1. The van der Waals surface area contributed by atoms with Crippen LogP contribution in [0.3, 0.4) is 0 Å². The number of hydrogen-bond acceptors (Lipinski definition) is 6. The third-order valence-electron chi connectivity index (χ3n) is 4.57. The summed E-state index contributed by atoms with van der Waals surface area (Å²) in [7, 11) is 0. The van der Waals surface area contributed by atoms with E-state index in [0.717, 1.165) is 50.0 Å². The molecule has 1 aromatic carbocycles. The van der Waals surface area contributed by atoms with Crippen molar-refractivity contribution in [1.29, 1.82) is 0 Å². The van der Waals surface area contributed by atoms with Gasteiger partial charge in [0.15, 0.2) is 0 Å². The van der Waals surface area contributed by atoms with Gasteiger partial charge in [-0.2, -0.15) is 0 Å². The van der Waals surface area contributed by atoms with Gasteiger partial charge < -0.3 is 15.0 Å². The Kier molecular flexibility index (Phi) is 7.37. The van der Waals surface area contributed by atoms with Crippen LogP contribution in [0.4, 0.5) is 5.95 Å². The molecule has 7 nitrogen and oxygen atoms in total. The summed E-state index contributed by atoms with van der Waals surface area (Å²) in [5, 5.41) is 2.95. The van der Waals surface area contributed by atoms with Gasteiger partial charge >= 0.3 is 0 Å². The molecule has 1 aliphatic heterocycles. The van der Waals surface area contributed by atoms with Gasteiger partial charge in [0.05, 0.1) is 6.61 Å². The summed E-state index contributed by atoms with van der Waals surface area (Å²) in [5.41, 5.74) is 0.902. The number of carbonyl (C=O) groups is 1. The van der Waals surface area contributed by atoms with E-state index in [2.05, 4.69) is 25.1 Å². The number of piperazine rings is 1. The molecule has 28 heavy (non-hydrogen) atoms. The van der Waals surface area contributed by atoms with Crippen molar-refractivity contribution >= 4 is 17.9 Å². The van der Waals surface area contributed by atoms with Crippen LogP contribution in [0.15, 0.2) is 48.8 Å². The van der Waals surface area contributed by atoms with Crippen molar-refractivity contribution in [3.63, 3.8) is 0 Å². The average Bonchev–Trinajstić information content (AvgIpc) is 2.74. The first kappa shape index (κ1) is 19.8. The largest absolute Gasteiger partial charge is 0.493 e. The molecule has 0 saturated carbocycles. The number of nitrogens with one attached hydrogen (secondary N) is 1. The van der Waals surface area contributed by atoms with Crippen molar-refractivity contribution in [2.75, 3.05) is 50.8 Å². The molecule has 0 bridgehead atoms. The highest BCUT2D eigenvalue weighted by Crippen LogP contribution is 2.19.